The molecule has 2 atom stereocenters. The quantitative estimate of drug-likeness (QED) is 0.854. The van der Waals surface area contributed by atoms with E-state index < -0.39 is 29.6 Å². The molecule has 0 radical (unpaired) electrons. The fourth-order valence-electron chi connectivity index (χ4n) is 2.72. The van der Waals surface area contributed by atoms with Crippen molar-refractivity contribution < 1.29 is 22.4 Å². The van der Waals surface area contributed by atoms with Gasteiger partial charge < -0.3 is 10.6 Å². The van der Waals surface area contributed by atoms with Crippen LogP contribution in [0.1, 0.15) is 36.9 Å². The summed E-state index contributed by atoms with van der Waals surface area (Å²) in [6.45, 7) is 2.08. The molecule has 1 aromatic carbocycles. The molecule has 1 amide bonds. The van der Waals surface area contributed by atoms with Gasteiger partial charge in [0.1, 0.15) is 5.82 Å². The van der Waals surface area contributed by atoms with Gasteiger partial charge >= 0.3 is 6.18 Å². The largest absolute Gasteiger partial charge is 0.419 e. The maximum atomic E-state index is 13.4. The van der Waals surface area contributed by atoms with Gasteiger partial charge in [0.15, 0.2) is 0 Å². The number of nitrogens with zero attached hydrogens (tertiary/aromatic N) is 1. The third-order valence-corrected chi connectivity index (χ3v) is 3.73. The van der Waals surface area contributed by atoms with Crippen molar-refractivity contribution in [2.45, 2.75) is 38.0 Å². The van der Waals surface area contributed by atoms with Crippen LogP contribution in [0.2, 0.25) is 0 Å². The van der Waals surface area contributed by atoms with Crippen LogP contribution in [0.3, 0.4) is 0 Å². The fourth-order valence-corrected chi connectivity index (χ4v) is 2.72. The number of likely N-dealkylation sites (tertiary alicyclic amines) is 1. The molecule has 2 rings (SSSR count). The third-order valence-electron chi connectivity index (χ3n) is 3.73. The van der Waals surface area contributed by atoms with E-state index in [4.69, 9.17) is 5.73 Å². The number of hydrogen-bond acceptors (Lipinski definition) is 2. The third kappa shape index (κ3) is 3.02. The van der Waals surface area contributed by atoms with Crippen LogP contribution >= 0.6 is 0 Å². The number of nitrogens with two attached hydrogens (primary N) is 1. The van der Waals surface area contributed by atoms with Crippen LogP contribution < -0.4 is 5.73 Å². The van der Waals surface area contributed by atoms with E-state index in [-0.39, 0.29) is 17.9 Å². The Labute approximate surface area is 119 Å². The highest BCUT2D eigenvalue weighted by Crippen LogP contribution is 2.36. The molecule has 0 aliphatic carbocycles. The van der Waals surface area contributed by atoms with Gasteiger partial charge in [-0.25, -0.2) is 4.39 Å². The minimum atomic E-state index is -4.78. The van der Waals surface area contributed by atoms with Crippen molar-refractivity contribution >= 4 is 5.91 Å². The Bertz CT molecular complexity index is 544. The molecular weight excluding hydrogens is 288 g/mol. The Hall–Kier alpha value is -1.63. The topological polar surface area (TPSA) is 46.3 Å². The van der Waals surface area contributed by atoms with E-state index in [1.54, 1.807) is 6.92 Å². The van der Waals surface area contributed by atoms with E-state index in [1.165, 1.54) is 11.0 Å². The monoisotopic (exact) mass is 304 g/mol. The molecule has 116 valence electrons. The van der Waals surface area contributed by atoms with Crippen LogP contribution in [0, 0.1) is 5.82 Å². The summed E-state index contributed by atoms with van der Waals surface area (Å²) in [5, 5.41) is 0. The SMILES string of the molecule is CCN1C(=O)CCC(N)C1c1ccc(F)c(C(F)(F)F)c1. The molecule has 0 aromatic heterocycles. The fraction of sp³-hybridized carbons (Fsp3) is 0.500. The maximum Gasteiger partial charge on any atom is 0.419 e. The van der Waals surface area contributed by atoms with Gasteiger partial charge in [0.05, 0.1) is 11.6 Å². The van der Waals surface area contributed by atoms with Crippen molar-refractivity contribution in [3.05, 3.63) is 35.1 Å². The number of halogens is 4. The molecule has 1 aliphatic rings. The number of carbonyl (C=O) groups is 1. The van der Waals surface area contributed by atoms with Gasteiger partial charge in [-0.15, -0.1) is 0 Å². The zero-order valence-electron chi connectivity index (χ0n) is 11.5. The molecule has 2 N–H and O–H groups in total. The molecule has 1 fully saturated rings. The van der Waals surface area contributed by atoms with Crippen molar-refractivity contribution in [2.24, 2.45) is 5.73 Å². The molecule has 1 saturated heterocycles. The summed E-state index contributed by atoms with van der Waals surface area (Å²) in [5.41, 5.74) is 4.85. The average Bonchev–Trinajstić information content (AvgIpc) is 2.40. The van der Waals surface area contributed by atoms with Crippen LogP contribution in [0.4, 0.5) is 17.6 Å². The highest BCUT2D eigenvalue weighted by molar-refractivity contribution is 5.78. The van der Waals surface area contributed by atoms with E-state index in [0.29, 0.717) is 13.0 Å². The molecule has 7 heteroatoms. The molecule has 0 bridgehead atoms. The lowest BCUT2D eigenvalue weighted by Gasteiger charge is -2.39. The van der Waals surface area contributed by atoms with Crippen molar-refractivity contribution in [3.63, 3.8) is 0 Å². The van der Waals surface area contributed by atoms with Crippen LogP contribution in [-0.4, -0.2) is 23.4 Å². The van der Waals surface area contributed by atoms with Gasteiger partial charge in [0, 0.05) is 19.0 Å². The van der Waals surface area contributed by atoms with Gasteiger partial charge in [0.25, 0.3) is 0 Å². The van der Waals surface area contributed by atoms with Gasteiger partial charge in [-0.2, -0.15) is 13.2 Å². The molecule has 0 spiro atoms. The van der Waals surface area contributed by atoms with Crippen LogP contribution in [0.15, 0.2) is 18.2 Å². The smallest absolute Gasteiger partial charge is 0.334 e. The summed E-state index contributed by atoms with van der Waals surface area (Å²) in [7, 11) is 0. The van der Waals surface area contributed by atoms with Gasteiger partial charge in [-0.1, -0.05) is 6.07 Å². The first-order valence-corrected chi connectivity index (χ1v) is 6.67. The van der Waals surface area contributed by atoms with Crippen molar-refractivity contribution in [3.8, 4) is 0 Å². The first kappa shape index (κ1) is 15.8. The molecule has 2 unspecified atom stereocenters. The van der Waals surface area contributed by atoms with Gasteiger partial charge in [-0.3, -0.25) is 4.79 Å². The molecule has 1 aliphatic heterocycles. The van der Waals surface area contributed by atoms with E-state index >= 15 is 0 Å². The highest BCUT2D eigenvalue weighted by atomic mass is 19.4. The number of alkyl halides is 3. The van der Waals surface area contributed by atoms with E-state index in [9.17, 15) is 22.4 Å². The first-order chi connectivity index (χ1) is 9.75. The second-order valence-electron chi connectivity index (χ2n) is 5.06. The van der Waals surface area contributed by atoms with Crippen LogP contribution in [0.25, 0.3) is 0 Å². The Morgan fingerprint density at radius 1 is 1.38 bits per heavy atom. The summed E-state index contributed by atoms with van der Waals surface area (Å²) >= 11 is 0. The van der Waals surface area contributed by atoms with Gasteiger partial charge in [0.2, 0.25) is 5.91 Å². The summed E-state index contributed by atoms with van der Waals surface area (Å²) in [5.74, 6) is -1.48. The Morgan fingerprint density at radius 2 is 2.05 bits per heavy atom. The number of amides is 1. The molecule has 1 heterocycles. The zero-order valence-corrected chi connectivity index (χ0v) is 11.5. The number of benzene rings is 1. The van der Waals surface area contributed by atoms with Crippen molar-refractivity contribution in [2.75, 3.05) is 6.54 Å². The lowest BCUT2D eigenvalue weighted by Crippen LogP contribution is -2.48. The average molecular weight is 304 g/mol. The number of piperidine rings is 1. The summed E-state index contributed by atoms with van der Waals surface area (Å²) < 4.78 is 51.7. The highest BCUT2D eigenvalue weighted by Gasteiger charge is 2.38. The Morgan fingerprint density at radius 3 is 2.62 bits per heavy atom. The molecule has 1 aromatic rings. The zero-order chi connectivity index (χ0) is 15.8. The summed E-state index contributed by atoms with van der Waals surface area (Å²) in [6, 6.07) is 1.67. The number of carbonyl (C=O) groups excluding carboxylic acids is 1. The lowest BCUT2D eigenvalue weighted by atomic mass is 9.89. The molecular formula is C14H16F4N2O. The Balaban J connectivity index is 2.46. The maximum absolute atomic E-state index is 13.4. The standard InChI is InChI=1S/C14H16F4N2O/c1-2-20-12(21)6-5-11(19)13(20)8-3-4-10(15)9(7-8)14(16,17)18/h3-4,7,11,13H,2,5-6,19H2,1H3. The first-order valence-electron chi connectivity index (χ1n) is 6.67. The van der Waals surface area contributed by atoms with Gasteiger partial charge in [-0.05, 0) is 31.0 Å². The number of hydrogen-bond donors (Lipinski definition) is 1. The minimum absolute atomic E-state index is 0.151. The lowest BCUT2D eigenvalue weighted by molar-refractivity contribution is -0.140. The summed E-state index contributed by atoms with van der Waals surface area (Å²) in [6.07, 6.45) is -4.10. The normalized spacial score (nSPS) is 23.5. The molecule has 3 nitrogen and oxygen atoms in total. The molecule has 0 saturated carbocycles. The van der Waals surface area contributed by atoms with Crippen molar-refractivity contribution in [1.29, 1.82) is 0 Å². The Kier molecular flexibility index (Phi) is 4.22. The minimum Gasteiger partial charge on any atom is -0.334 e. The van der Waals surface area contributed by atoms with Crippen molar-refractivity contribution in [1.82, 2.24) is 4.90 Å². The van der Waals surface area contributed by atoms with E-state index in [2.05, 4.69) is 0 Å². The predicted octanol–water partition coefficient (Wildman–Crippen LogP) is 2.86. The van der Waals surface area contributed by atoms with Crippen LogP contribution in [0.5, 0.6) is 0 Å². The number of likely N-dealkylation sites (N-methyl/N-ethyl adjacent to an activating group) is 1. The number of rotatable bonds is 2. The van der Waals surface area contributed by atoms with Crippen LogP contribution in [-0.2, 0) is 11.0 Å². The van der Waals surface area contributed by atoms with E-state index in [0.717, 1.165) is 12.1 Å². The molecule has 21 heavy (non-hydrogen) atoms. The predicted molar refractivity (Wildman–Crippen MR) is 68.7 cm³/mol. The second-order valence-corrected chi connectivity index (χ2v) is 5.06. The van der Waals surface area contributed by atoms with E-state index in [1.807, 2.05) is 0 Å². The second kappa shape index (κ2) is 5.63. The summed E-state index contributed by atoms with van der Waals surface area (Å²) in [4.78, 5) is 13.3.